The molecule has 0 amide bonds. The van der Waals surface area contributed by atoms with Gasteiger partial charge in [-0.3, -0.25) is 0 Å². The van der Waals surface area contributed by atoms with Crippen molar-refractivity contribution in [1.29, 1.82) is 0 Å². The van der Waals surface area contributed by atoms with Gasteiger partial charge >= 0.3 is 0 Å². The molecule has 89 heavy (non-hydrogen) atoms. The quantitative estimate of drug-likeness (QED) is 0.136. The average molecular weight is 1230 g/mol. The minimum atomic E-state index is -0.903. The van der Waals surface area contributed by atoms with Crippen molar-refractivity contribution in [3.05, 3.63) is 176 Å². The van der Waals surface area contributed by atoms with Crippen LogP contribution in [0.5, 0.6) is 0 Å². The van der Waals surface area contributed by atoms with Gasteiger partial charge in [0.25, 0.3) is 0 Å². The molecule has 12 rings (SSSR count). The molecule has 2 atom stereocenters. The van der Waals surface area contributed by atoms with Gasteiger partial charge in [0.1, 0.15) is 5.83 Å². The third-order valence-electron chi connectivity index (χ3n) is 22.9. The first-order valence-corrected chi connectivity index (χ1v) is 34.6. The van der Waals surface area contributed by atoms with Crippen LogP contribution in [-0.4, -0.2) is 0 Å². The number of allylic oxidation sites excluding steroid dienone is 4. The Morgan fingerprint density at radius 1 is 0.303 bits per heavy atom. The summed E-state index contributed by atoms with van der Waals surface area (Å²) in [5.41, 5.74) is 6.36. The predicted octanol–water partition coefficient (Wildman–Crippen LogP) is 25.5. The summed E-state index contributed by atoms with van der Waals surface area (Å²) in [7, 11) is 0. The van der Waals surface area contributed by atoms with Crippen LogP contribution in [0.1, 0.15) is 251 Å². The molecule has 9 heteroatoms. The molecular weight excluding hydrogens is 1130 g/mol. The van der Waals surface area contributed by atoms with Crippen molar-refractivity contribution in [2.75, 3.05) is 0 Å². The minimum absolute atomic E-state index is 0.112. The lowest BCUT2D eigenvalue weighted by atomic mass is 9.68. The molecule has 5 aromatic rings. The molecule has 0 spiro atoms. The van der Waals surface area contributed by atoms with Crippen molar-refractivity contribution >= 4 is 11.1 Å². The molecule has 0 saturated heterocycles. The second-order valence-electron chi connectivity index (χ2n) is 29.2. The maximum Gasteiger partial charge on any atom is 0.166 e. The first-order valence-electron chi connectivity index (χ1n) is 34.6. The fraction of sp³-hybridized carbons (Fsp3) is 0.575. The third kappa shape index (κ3) is 17.2. The standard InChI is InChI=1S/C20H25F3.C20H28F2.C20H26F2.C20H22F2/c1-12-3-6-14(7-4-12)15-8-10-16(18(21)11-15)17-9-5-13(2)19(22)20(17)23;3*1-13-3-6-15(7-4-13)16-8-10-17(11-9-16)18-12-5-14(2)19(21)20(18)22/h5,9,12,14-15H,3-4,6-8,10-11H2,1-2H3;5,12-13,15-17H,3-4,6-11H2,1-2H3;5,10,12-13,15-16H,3-4,6-9,11H2,1-2H3;5,8-13,15H,3-4,6-7H2,1-2H3. The van der Waals surface area contributed by atoms with Crippen molar-refractivity contribution in [3.8, 4) is 11.1 Å². The van der Waals surface area contributed by atoms with Crippen LogP contribution in [0, 0.1) is 133 Å². The van der Waals surface area contributed by atoms with Crippen LogP contribution in [0.4, 0.5) is 39.5 Å². The molecule has 0 nitrogen and oxygen atoms in total. The number of rotatable bonds is 8. The Kier molecular flexibility index (Phi) is 24.2. The second kappa shape index (κ2) is 31.5. The molecule has 7 aliphatic carbocycles. The highest BCUT2D eigenvalue weighted by Gasteiger charge is 2.35. The lowest BCUT2D eigenvalue weighted by Gasteiger charge is -2.37. The lowest BCUT2D eigenvalue weighted by Crippen LogP contribution is -2.25. The highest BCUT2D eigenvalue weighted by Crippen LogP contribution is 2.48. The van der Waals surface area contributed by atoms with Crippen LogP contribution in [0.25, 0.3) is 22.3 Å². The Bertz CT molecular complexity index is 3180. The van der Waals surface area contributed by atoms with Crippen LogP contribution in [0.3, 0.4) is 0 Å². The molecule has 7 aliphatic rings. The van der Waals surface area contributed by atoms with Crippen LogP contribution in [0.15, 0.2) is 84.7 Å². The van der Waals surface area contributed by atoms with Crippen molar-refractivity contribution in [3.63, 3.8) is 0 Å². The molecular formula is C80H101F9. The molecule has 2 unspecified atom stereocenters. The van der Waals surface area contributed by atoms with Gasteiger partial charge in [-0.05, 0) is 258 Å². The number of hydrogen-bond acceptors (Lipinski definition) is 0. The lowest BCUT2D eigenvalue weighted by molar-refractivity contribution is 0.164. The van der Waals surface area contributed by atoms with E-state index in [0.29, 0.717) is 69.5 Å². The molecule has 0 bridgehead atoms. The second-order valence-corrected chi connectivity index (χ2v) is 29.2. The average Bonchev–Trinajstić information content (AvgIpc) is 2.18. The highest BCUT2D eigenvalue weighted by molar-refractivity contribution is 5.69. The van der Waals surface area contributed by atoms with E-state index >= 15 is 0 Å². The summed E-state index contributed by atoms with van der Waals surface area (Å²) in [6.07, 6.45) is 32.2. The monoisotopic (exact) mass is 1230 g/mol. The predicted molar refractivity (Wildman–Crippen MR) is 349 cm³/mol. The zero-order valence-electron chi connectivity index (χ0n) is 54.7. The zero-order valence-corrected chi connectivity index (χ0v) is 54.7. The van der Waals surface area contributed by atoms with E-state index in [-0.39, 0.29) is 22.9 Å². The molecule has 0 aliphatic heterocycles. The summed E-state index contributed by atoms with van der Waals surface area (Å²) in [4.78, 5) is 0. The fourth-order valence-corrected chi connectivity index (χ4v) is 16.5. The smallest absolute Gasteiger partial charge is 0.166 e. The topological polar surface area (TPSA) is 0 Å². The molecule has 0 heterocycles. The highest BCUT2D eigenvalue weighted by atomic mass is 19.2. The van der Waals surface area contributed by atoms with Crippen LogP contribution in [-0.2, 0) is 0 Å². The van der Waals surface area contributed by atoms with E-state index in [9.17, 15) is 39.5 Å². The van der Waals surface area contributed by atoms with Gasteiger partial charge in [0.15, 0.2) is 46.5 Å². The summed E-state index contributed by atoms with van der Waals surface area (Å²) in [6.45, 7) is 15.6. The summed E-state index contributed by atoms with van der Waals surface area (Å²) in [6, 6.07) is 21.3. The Hall–Kier alpha value is -5.05. The normalized spacial score (nSPS) is 28.3. The van der Waals surface area contributed by atoms with Gasteiger partial charge in [-0.1, -0.05) is 158 Å². The molecule has 5 saturated carbocycles. The summed E-state index contributed by atoms with van der Waals surface area (Å²) < 4.78 is 126. The molecule has 5 aromatic carbocycles. The van der Waals surface area contributed by atoms with E-state index in [1.165, 1.54) is 140 Å². The Labute approximate surface area is 528 Å². The van der Waals surface area contributed by atoms with Gasteiger partial charge in [-0.25, -0.2) is 39.5 Å². The van der Waals surface area contributed by atoms with E-state index in [1.54, 1.807) is 57.2 Å². The Morgan fingerprint density at radius 2 is 0.674 bits per heavy atom. The van der Waals surface area contributed by atoms with Crippen molar-refractivity contribution in [1.82, 2.24) is 0 Å². The number of hydrogen-bond donors (Lipinski definition) is 0. The fourth-order valence-electron chi connectivity index (χ4n) is 16.5. The van der Waals surface area contributed by atoms with Gasteiger partial charge in [0.2, 0.25) is 0 Å². The Balaban J connectivity index is 0.000000141. The van der Waals surface area contributed by atoms with Crippen LogP contribution in [0.2, 0.25) is 0 Å². The maximum absolute atomic E-state index is 14.6. The van der Waals surface area contributed by atoms with E-state index in [4.69, 9.17) is 0 Å². The summed E-state index contributed by atoms with van der Waals surface area (Å²) >= 11 is 0. The van der Waals surface area contributed by atoms with E-state index in [2.05, 4.69) is 45.9 Å². The van der Waals surface area contributed by atoms with E-state index in [1.807, 2.05) is 12.1 Å². The SMILES string of the molecule is Cc1ccc(-c2ccc(C3CCC(C)CC3)cc2)c(F)c1F.Cc1ccc(C2=C(F)CC(C3CCC(C)CC3)CC2)c(F)c1F.Cc1ccc(C2=CCC(C3CCC(C)CC3)CC2)c(F)c1F.Cc1ccc(C2CCC(C3CCC(C)CC3)CC2)c(F)c1F. The number of halogens is 9. The minimum Gasteiger partial charge on any atom is -0.211 e. The largest absolute Gasteiger partial charge is 0.211 e. The third-order valence-corrected chi connectivity index (χ3v) is 22.9. The van der Waals surface area contributed by atoms with Crippen molar-refractivity contribution in [2.45, 2.75) is 234 Å². The van der Waals surface area contributed by atoms with E-state index in [0.717, 1.165) is 97.0 Å². The summed E-state index contributed by atoms with van der Waals surface area (Å²) in [5, 5.41) is 0. The molecule has 0 aromatic heterocycles. The van der Waals surface area contributed by atoms with Gasteiger partial charge < -0.3 is 0 Å². The van der Waals surface area contributed by atoms with Gasteiger partial charge in [0, 0.05) is 23.1 Å². The first-order chi connectivity index (χ1) is 42.6. The number of benzene rings is 5. The van der Waals surface area contributed by atoms with Crippen LogP contribution >= 0.6 is 0 Å². The van der Waals surface area contributed by atoms with Crippen molar-refractivity contribution < 1.29 is 39.5 Å². The van der Waals surface area contributed by atoms with Crippen molar-refractivity contribution in [2.24, 2.45) is 59.2 Å². The van der Waals surface area contributed by atoms with Crippen LogP contribution < -0.4 is 0 Å². The molecule has 0 radical (unpaired) electrons. The zero-order chi connectivity index (χ0) is 63.6. The molecule has 484 valence electrons. The summed E-state index contributed by atoms with van der Waals surface area (Å²) in [5.74, 6) is 2.39. The molecule has 5 fully saturated rings. The van der Waals surface area contributed by atoms with Gasteiger partial charge in [-0.2, -0.15) is 0 Å². The Morgan fingerprint density at radius 3 is 1.15 bits per heavy atom. The maximum atomic E-state index is 14.6. The van der Waals surface area contributed by atoms with Gasteiger partial charge in [-0.15, -0.1) is 0 Å². The first kappa shape index (κ1) is 68.3. The number of aryl methyl sites for hydroxylation is 4. The molecule has 0 N–H and O–H groups in total. The van der Waals surface area contributed by atoms with Gasteiger partial charge in [0.05, 0.1) is 0 Å². The van der Waals surface area contributed by atoms with E-state index < -0.39 is 46.5 Å².